The van der Waals surface area contributed by atoms with Crippen molar-refractivity contribution in [2.45, 2.75) is 58.5 Å². The molecule has 13 nitrogen and oxygen atoms in total. The van der Waals surface area contributed by atoms with Gasteiger partial charge in [-0.2, -0.15) is 0 Å². The van der Waals surface area contributed by atoms with E-state index in [1.165, 1.54) is 0 Å². The third-order valence-electron chi connectivity index (χ3n) is 16.3. The molecule has 2 aliphatic rings. The Morgan fingerprint density at radius 2 is 0.607 bits per heavy atom. The fourth-order valence-electron chi connectivity index (χ4n) is 12.3. The summed E-state index contributed by atoms with van der Waals surface area (Å²) in [4.78, 5) is 59.1. The van der Waals surface area contributed by atoms with Gasteiger partial charge in [-0.1, -0.05) is 187 Å². The van der Waals surface area contributed by atoms with Crippen LogP contribution in [0.25, 0.3) is 90.9 Å². The maximum atomic E-state index is 13.9. The number of aromatic amines is 2. The summed E-state index contributed by atoms with van der Waals surface area (Å²) in [5, 5.41) is 0. The van der Waals surface area contributed by atoms with Crippen LogP contribution in [0.3, 0.4) is 0 Å². The number of hydrogen-bond donors (Lipinski definition) is 6. The average Bonchev–Trinajstić information content (AvgIpc) is 1.33. The molecule has 0 atom stereocenters. The van der Waals surface area contributed by atoms with E-state index < -0.39 is 40.5 Å². The van der Waals surface area contributed by atoms with E-state index in [1.54, 1.807) is 38.1 Å². The smallest absolute Gasteiger partial charge is 0.335 e. The largest absolute Gasteiger partial charge is 0.354 e. The molecule has 0 saturated carbocycles. The Balaban J connectivity index is 1.13. The molecule has 8 bridgehead atoms. The van der Waals surface area contributed by atoms with Gasteiger partial charge in [0.1, 0.15) is 0 Å². The van der Waals surface area contributed by atoms with Crippen LogP contribution in [0.2, 0.25) is 0 Å². The predicted molar refractivity (Wildman–Crippen MR) is 359 cm³/mol. The van der Waals surface area contributed by atoms with Gasteiger partial charge >= 0.3 is 22.8 Å². The maximum Gasteiger partial charge on any atom is 0.335 e. The number of rotatable bonds is 18. The summed E-state index contributed by atoms with van der Waals surface area (Å²) in [6, 6.07) is 64.3. The van der Waals surface area contributed by atoms with E-state index in [9.17, 15) is 33.3 Å². The molecule has 89 heavy (non-hydrogen) atoms. The molecular formula is C73H67N4O9P3. The molecule has 16 heteroatoms. The highest BCUT2D eigenvalue weighted by atomic mass is 31.2. The number of fused-ring (bicyclic) bond motifs is 8. The van der Waals surface area contributed by atoms with Gasteiger partial charge in [-0.15, -0.1) is 0 Å². The first-order chi connectivity index (χ1) is 42.8. The topological polar surface area (TPSA) is 208 Å². The Morgan fingerprint density at radius 3 is 0.865 bits per heavy atom. The second-order valence-electron chi connectivity index (χ2n) is 22.8. The molecule has 0 unspecified atom stereocenters. The van der Waals surface area contributed by atoms with Gasteiger partial charge in [0.2, 0.25) is 0 Å². The zero-order chi connectivity index (χ0) is 62.2. The van der Waals surface area contributed by atoms with Crippen LogP contribution in [0.1, 0.15) is 92.3 Å². The highest BCUT2D eigenvalue weighted by molar-refractivity contribution is 7.53. The molecule has 0 fully saturated rings. The zero-order valence-corrected chi connectivity index (χ0v) is 52.6. The van der Waals surface area contributed by atoms with Crippen molar-refractivity contribution in [2.75, 3.05) is 13.2 Å². The first kappa shape index (κ1) is 60.9. The normalized spacial score (nSPS) is 12.7. The summed E-state index contributed by atoms with van der Waals surface area (Å²) in [6.45, 7) is 10.2. The van der Waals surface area contributed by atoms with Gasteiger partial charge in [0.15, 0.2) is 0 Å². The summed E-state index contributed by atoms with van der Waals surface area (Å²) in [5.41, 5.74) is 20.8. The summed E-state index contributed by atoms with van der Waals surface area (Å²) in [7, 11) is -12.4. The molecule has 0 spiro atoms. The fraction of sp³-hybridized carbons (Fsp3) is 0.151. The molecular weight excluding hydrogens is 1170 g/mol. The Morgan fingerprint density at radius 1 is 0.360 bits per heavy atom. The van der Waals surface area contributed by atoms with Crippen LogP contribution in [0.4, 0.5) is 0 Å². The van der Waals surface area contributed by atoms with Gasteiger partial charge in [-0.3, -0.25) is 13.7 Å². The molecule has 5 heterocycles. The second kappa shape index (κ2) is 24.9. The second-order valence-corrected chi connectivity index (χ2v) is 28.1. The number of H-pyrrole nitrogens is 2. The van der Waals surface area contributed by atoms with Crippen molar-refractivity contribution in [3.8, 4) is 44.5 Å². The fourth-order valence-corrected chi connectivity index (χ4v) is 15.3. The van der Waals surface area contributed by atoms with Gasteiger partial charge in [-0.05, 0) is 144 Å². The van der Waals surface area contributed by atoms with E-state index >= 15 is 0 Å². The number of nitrogens with zero attached hydrogens (tertiary/aromatic N) is 2. The van der Waals surface area contributed by atoms with Crippen molar-refractivity contribution >= 4 is 69.2 Å². The van der Waals surface area contributed by atoms with Crippen molar-refractivity contribution < 1.29 is 42.3 Å². The minimum Gasteiger partial charge on any atom is -0.354 e. The lowest BCUT2D eigenvalue weighted by molar-refractivity contribution is 0.219. The molecule has 0 radical (unpaired) electrons. The maximum absolute atomic E-state index is 13.9. The minimum absolute atomic E-state index is 0.0276. The van der Waals surface area contributed by atoms with Crippen LogP contribution in [-0.2, 0) is 46.6 Å². The average molecular weight is 1240 g/mol. The molecule has 3 aromatic heterocycles. The molecule has 10 aromatic rings. The summed E-state index contributed by atoms with van der Waals surface area (Å²) in [5.74, 6) is 0. The number of aromatic nitrogens is 4. The molecule has 448 valence electrons. The number of benzene rings is 7. The molecule has 12 rings (SSSR count). The summed E-state index contributed by atoms with van der Waals surface area (Å²) in [6.07, 6.45) is 7.43. The Hall–Kier alpha value is -8.41. The van der Waals surface area contributed by atoms with Crippen LogP contribution >= 0.6 is 22.8 Å². The first-order valence-electron chi connectivity index (χ1n) is 29.5. The molecule has 0 aliphatic carbocycles. The van der Waals surface area contributed by atoms with Gasteiger partial charge in [0.25, 0.3) is 0 Å². The lowest BCUT2D eigenvalue weighted by atomic mass is 9.64. The van der Waals surface area contributed by atoms with Crippen LogP contribution < -0.4 is 0 Å². The Labute approximate surface area is 517 Å². The van der Waals surface area contributed by atoms with Gasteiger partial charge in [0, 0.05) is 44.3 Å². The van der Waals surface area contributed by atoms with E-state index in [2.05, 4.69) is 176 Å². The summed E-state index contributed by atoms with van der Waals surface area (Å²) < 4.78 is 50.1. The predicted octanol–water partition coefficient (Wildman–Crippen LogP) is 17.8. The van der Waals surface area contributed by atoms with Gasteiger partial charge in [-0.25, -0.2) is 9.97 Å². The van der Waals surface area contributed by atoms with E-state index in [1.807, 2.05) is 48.5 Å². The Kier molecular flexibility index (Phi) is 17.0. The highest BCUT2D eigenvalue weighted by Crippen LogP contribution is 2.53. The van der Waals surface area contributed by atoms with Crippen molar-refractivity contribution in [3.05, 3.63) is 273 Å². The van der Waals surface area contributed by atoms with E-state index in [4.69, 9.17) is 19.0 Å². The van der Waals surface area contributed by atoms with Crippen LogP contribution in [0, 0.1) is 20.8 Å². The van der Waals surface area contributed by atoms with Crippen molar-refractivity contribution in [1.82, 2.24) is 19.9 Å². The van der Waals surface area contributed by atoms with Gasteiger partial charge < -0.3 is 38.6 Å². The number of nitrogens with one attached hydrogen (secondary N) is 2. The quantitative estimate of drug-likeness (QED) is 0.0352. The lowest BCUT2D eigenvalue weighted by Crippen LogP contribution is -2.31. The van der Waals surface area contributed by atoms with E-state index in [0.717, 1.165) is 123 Å². The monoisotopic (exact) mass is 1240 g/mol. The highest BCUT2D eigenvalue weighted by Gasteiger charge is 2.39. The van der Waals surface area contributed by atoms with E-state index in [-0.39, 0.29) is 19.4 Å². The van der Waals surface area contributed by atoms with Crippen LogP contribution in [0.15, 0.2) is 194 Å². The van der Waals surface area contributed by atoms with Crippen LogP contribution in [0.5, 0.6) is 0 Å². The number of hydrogen-bond acceptors (Lipinski definition) is 7. The summed E-state index contributed by atoms with van der Waals surface area (Å²) >= 11 is 0. The number of aryl methyl sites for hydroxylation is 3. The third-order valence-corrected chi connectivity index (χ3v) is 20.0. The SMILES string of the molecule is CCOP(=O)(Cc1ccc(C(c2ccc(CP(=O)(O)O)cc2)(c2ccc(CP(=O)(O)O)cc2)c2ccc(-c3c4nc(c(-c5ccc(C)cc5)c5ccc([nH]5)c(-c5ccc(C)cc5)c5nc(c(-c6ccc(C)cc6)c6ccc3[nH]6)C=C5)C=C4)cc2)cc1)OCC. The van der Waals surface area contributed by atoms with Crippen molar-refractivity contribution in [3.63, 3.8) is 0 Å². The standard InChI is InChI=1S/C73H67N4O9P3/c1-6-85-89(84,86-7-2)46-52-18-32-59(33-19-52)73(57-28-14-50(15-29-57)44-87(78,79)80,58-30-16-51(17-31-58)45-88(81,82)83)60-34-26-56(27-35-60)72-67-42-40-65(76-67)70(54-22-10-48(4)11-23-54)63-38-36-61(74-63)69(53-20-8-47(3)9-21-53)62-37-39-64(75-62)71(66-41-43-68(72)77-66)55-24-12-49(5)13-25-55/h8-43,74,77H,6-7,44-46H2,1-5H3,(H2,78,79,80)(H2,81,82,83). The van der Waals surface area contributed by atoms with E-state index in [0.29, 0.717) is 22.4 Å². The minimum atomic E-state index is -4.45. The van der Waals surface area contributed by atoms with Crippen molar-refractivity contribution in [1.29, 1.82) is 0 Å². The van der Waals surface area contributed by atoms with Crippen molar-refractivity contribution in [2.24, 2.45) is 0 Å². The first-order valence-corrected chi connectivity index (χ1v) is 34.8. The zero-order valence-electron chi connectivity index (χ0n) is 49.9. The lowest BCUT2D eigenvalue weighted by Gasteiger charge is -2.37. The Bertz CT molecular complexity index is 4560. The molecule has 0 amide bonds. The molecule has 6 N–H and O–H groups in total. The molecule has 2 aliphatic heterocycles. The van der Waals surface area contributed by atoms with Gasteiger partial charge in [0.05, 0.1) is 59.9 Å². The molecule has 0 saturated heterocycles. The third kappa shape index (κ3) is 12.9. The van der Waals surface area contributed by atoms with Crippen LogP contribution in [-0.4, -0.2) is 52.7 Å². The molecule has 7 aromatic carbocycles.